The first-order valence-electron chi connectivity index (χ1n) is 5.90. The van der Waals surface area contributed by atoms with Gasteiger partial charge in [0.1, 0.15) is 0 Å². The van der Waals surface area contributed by atoms with E-state index in [9.17, 15) is 18.3 Å². The number of benzene rings is 1. The van der Waals surface area contributed by atoms with Crippen LogP contribution in [0.2, 0.25) is 0 Å². The molecular formula is C13H15F3O2. The summed E-state index contributed by atoms with van der Waals surface area (Å²) < 4.78 is 43.1. The van der Waals surface area contributed by atoms with Crippen LogP contribution in [0.3, 0.4) is 0 Å². The van der Waals surface area contributed by atoms with Gasteiger partial charge in [-0.25, -0.2) is 0 Å². The molecule has 1 unspecified atom stereocenters. The highest BCUT2D eigenvalue weighted by Crippen LogP contribution is 2.36. The lowest BCUT2D eigenvalue weighted by molar-refractivity contribution is -0.137. The Morgan fingerprint density at radius 3 is 2.67 bits per heavy atom. The van der Waals surface area contributed by atoms with Crippen molar-refractivity contribution in [3.63, 3.8) is 0 Å². The van der Waals surface area contributed by atoms with Crippen molar-refractivity contribution >= 4 is 0 Å². The average molecular weight is 260 g/mol. The summed E-state index contributed by atoms with van der Waals surface area (Å²) in [7, 11) is 0. The van der Waals surface area contributed by atoms with Crippen molar-refractivity contribution in [1.82, 2.24) is 0 Å². The summed E-state index contributed by atoms with van der Waals surface area (Å²) in [5.41, 5.74) is -1.61. The molecule has 0 amide bonds. The Morgan fingerprint density at radius 2 is 1.94 bits per heavy atom. The first-order valence-corrected chi connectivity index (χ1v) is 5.90. The standard InChI is InChI=1S/C13H15F3O2/c14-13(15,16)11-4-1-3-10(9-11)12(17)5-2-7-18-8-6-12/h1,3-4,9,17H,2,5-8H2. The van der Waals surface area contributed by atoms with Gasteiger partial charge in [0.15, 0.2) is 0 Å². The summed E-state index contributed by atoms with van der Waals surface area (Å²) in [6.45, 7) is 0.911. The third-order valence-electron chi connectivity index (χ3n) is 3.27. The van der Waals surface area contributed by atoms with Crippen LogP contribution < -0.4 is 0 Å². The number of ether oxygens (including phenoxy) is 1. The summed E-state index contributed by atoms with van der Waals surface area (Å²) >= 11 is 0. The molecule has 1 aliphatic heterocycles. The first kappa shape index (κ1) is 13.4. The van der Waals surface area contributed by atoms with Gasteiger partial charge in [0.05, 0.1) is 11.2 Å². The van der Waals surface area contributed by atoms with Crippen LogP contribution in [0.1, 0.15) is 30.4 Å². The minimum Gasteiger partial charge on any atom is -0.385 e. The topological polar surface area (TPSA) is 29.5 Å². The van der Waals surface area contributed by atoms with Crippen molar-refractivity contribution in [2.45, 2.75) is 31.0 Å². The highest BCUT2D eigenvalue weighted by atomic mass is 19.4. The smallest absolute Gasteiger partial charge is 0.385 e. The highest BCUT2D eigenvalue weighted by Gasteiger charge is 2.35. The van der Waals surface area contributed by atoms with Crippen LogP contribution in [0.5, 0.6) is 0 Å². The minimum atomic E-state index is -4.38. The zero-order valence-electron chi connectivity index (χ0n) is 9.83. The first-order chi connectivity index (χ1) is 8.42. The van der Waals surface area contributed by atoms with Gasteiger partial charge >= 0.3 is 6.18 Å². The van der Waals surface area contributed by atoms with E-state index >= 15 is 0 Å². The van der Waals surface area contributed by atoms with E-state index in [1.54, 1.807) is 6.07 Å². The number of halogens is 3. The molecule has 5 heteroatoms. The molecule has 2 rings (SSSR count). The molecular weight excluding hydrogens is 245 g/mol. The van der Waals surface area contributed by atoms with Gasteiger partial charge in [-0.15, -0.1) is 0 Å². The molecule has 0 bridgehead atoms. The lowest BCUT2D eigenvalue weighted by Gasteiger charge is -2.27. The van der Waals surface area contributed by atoms with Crippen LogP contribution in [-0.2, 0) is 16.5 Å². The molecule has 2 nitrogen and oxygen atoms in total. The second kappa shape index (κ2) is 4.90. The summed E-state index contributed by atoms with van der Waals surface area (Å²) in [5.74, 6) is 0. The molecule has 0 saturated carbocycles. The second-order valence-corrected chi connectivity index (χ2v) is 4.58. The van der Waals surface area contributed by atoms with Crippen molar-refractivity contribution < 1.29 is 23.0 Å². The SMILES string of the molecule is OC1(c2cccc(C(F)(F)F)c2)CCCOCC1. The minimum absolute atomic E-state index is 0.322. The van der Waals surface area contributed by atoms with Crippen molar-refractivity contribution in [2.24, 2.45) is 0 Å². The maximum atomic E-state index is 12.6. The summed E-state index contributed by atoms with van der Waals surface area (Å²) in [5, 5.41) is 10.5. The van der Waals surface area contributed by atoms with Crippen LogP contribution in [0.4, 0.5) is 13.2 Å². The highest BCUT2D eigenvalue weighted by molar-refractivity contribution is 5.30. The molecule has 1 aliphatic rings. The van der Waals surface area contributed by atoms with Gasteiger partial charge in [-0.2, -0.15) is 13.2 Å². The maximum Gasteiger partial charge on any atom is 0.416 e. The maximum absolute atomic E-state index is 12.6. The summed E-state index contributed by atoms with van der Waals surface area (Å²) in [6.07, 6.45) is -2.98. The number of hydrogen-bond acceptors (Lipinski definition) is 2. The van der Waals surface area contributed by atoms with E-state index < -0.39 is 17.3 Å². The van der Waals surface area contributed by atoms with E-state index in [2.05, 4.69) is 0 Å². The molecule has 1 heterocycles. The van der Waals surface area contributed by atoms with Crippen molar-refractivity contribution in [3.05, 3.63) is 35.4 Å². The van der Waals surface area contributed by atoms with Crippen LogP contribution in [0.15, 0.2) is 24.3 Å². The molecule has 0 radical (unpaired) electrons. The Balaban J connectivity index is 2.32. The number of aliphatic hydroxyl groups is 1. The molecule has 100 valence electrons. The number of rotatable bonds is 1. The predicted octanol–water partition coefficient (Wildman–Crippen LogP) is 3.09. The molecule has 1 N–H and O–H groups in total. The van der Waals surface area contributed by atoms with E-state index in [1.165, 1.54) is 6.07 Å². The molecule has 1 aromatic rings. The van der Waals surface area contributed by atoms with Crippen LogP contribution >= 0.6 is 0 Å². The van der Waals surface area contributed by atoms with E-state index in [0.29, 0.717) is 38.0 Å². The van der Waals surface area contributed by atoms with Crippen LogP contribution in [0, 0.1) is 0 Å². The second-order valence-electron chi connectivity index (χ2n) is 4.58. The number of alkyl halides is 3. The van der Waals surface area contributed by atoms with Gasteiger partial charge in [-0.05, 0) is 30.5 Å². The Morgan fingerprint density at radius 1 is 1.17 bits per heavy atom. The fourth-order valence-electron chi connectivity index (χ4n) is 2.21. The van der Waals surface area contributed by atoms with E-state index in [0.717, 1.165) is 12.1 Å². The summed E-state index contributed by atoms with van der Waals surface area (Å²) in [4.78, 5) is 0. The van der Waals surface area contributed by atoms with Gasteiger partial charge in [0.25, 0.3) is 0 Å². The molecule has 1 fully saturated rings. The summed E-state index contributed by atoms with van der Waals surface area (Å²) in [6, 6.07) is 4.92. The number of hydrogen-bond donors (Lipinski definition) is 1. The fourth-order valence-corrected chi connectivity index (χ4v) is 2.21. The normalized spacial score (nSPS) is 25.8. The van der Waals surface area contributed by atoms with E-state index in [1.807, 2.05) is 0 Å². The largest absolute Gasteiger partial charge is 0.416 e. The monoisotopic (exact) mass is 260 g/mol. The Bertz CT molecular complexity index is 407. The molecule has 18 heavy (non-hydrogen) atoms. The third-order valence-corrected chi connectivity index (χ3v) is 3.27. The van der Waals surface area contributed by atoms with Gasteiger partial charge < -0.3 is 9.84 Å². The molecule has 1 aromatic carbocycles. The van der Waals surface area contributed by atoms with Crippen molar-refractivity contribution in [3.8, 4) is 0 Å². The van der Waals surface area contributed by atoms with Crippen LogP contribution in [-0.4, -0.2) is 18.3 Å². The molecule has 1 saturated heterocycles. The van der Waals surface area contributed by atoms with Crippen molar-refractivity contribution in [1.29, 1.82) is 0 Å². The predicted molar refractivity (Wildman–Crippen MR) is 60.0 cm³/mol. The van der Waals surface area contributed by atoms with Gasteiger partial charge in [-0.3, -0.25) is 0 Å². The molecule has 1 atom stereocenters. The average Bonchev–Trinajstić information content (AvgIpc) is 2.54. The van der Waals surface area contributed by atoms with Gasteiger partial charge in [0.2, 0.25) is 0 Å². The van der Waals surface area contributed by atoms with Crippen LogP contribution in [0.25, 0.3) is 0 Å². The Kier molecular flexibility index (Phi) is 3.64. The van der Waals surface area contributed by atoms with E-state index in [-0.39, 0.29) is 0 Å². The lowest BCUT2D eigenvalue weighted by atomic mass is 9.86. The Hall–Kier alpha value is -1.07. The molecule has 0 spiro atoms. The van der Waals surface area contributed by atoms with Crippen molar-refractivity contribution in [2.75, 3.05) is 13.2 Å². The van der Waals surface area contributed by atoms with Gasteiger partial charge in [0, 0.05) is 19.6 Å². The van der Waals surface area contributed by atoms with Gasteiger partial charge in [-0.1, -0.05) is 12.1 Å². The van der Waals surface area contributed by atoms with E-state index in [4.69, 9.17) is 4.74 Å². The quantitative estimate of drug-likeness (QED) is 0.840. The fraction of sp³-hybridized carbons (Fsp3) is 0.538. The molecule has 0 aromatic heterocycles. The zero-order valence-corrected chi connectivity index (χ0v) is 9.83. The third kappa shape index (κ3) is 2.84. The Labute approximate surface area is 103 Å². The molecule has 0 aliphatic carbocycles. The lowest BCUT2D eigenvalue weighted by Crippen LogP contribution is -2.26. The zero-order chi connectivity index (χ0) is 13.2.